The van der Waals surface area contributed by atoms with E-state index in [1.807, 2.05) is 12.1 Å². The molecule has 1 aliphatic heterocycles. The predicted molar refractivity (Wildman–Crippen MR) is 94.9 cm³/mol. The maximum atomic E-state index is 12.5. The molecule has 0 bridgehead atoms. The zero-order chi connectivity index (χ0) is 17.8. The number of pyridine rings is 1. The lowest BCUT2D eigenvalue weighted by atomic mass is 10.2. The fourth-order valence-electron chi connectivity index (χ4n) is 2.62. The van der Waals surface area contributed by atoms with Crippen LogP contribution in [0.1, 0.15) is 5.56 Å². The molecule has 1 aromatic carbocycles. The van der Waals surface area contributed by atoms with Crippen molar-refractivity contribution in [3.05, 3.63) is 53.3 Å². The minimum atomic E-state index is -0.387. The van der Waals surface area contributed by atoms with Crippen molar-refractivity contribution in [1.82, 2.24) is 9.88 Å². The lowest BCUT2D eigenvalue weighted by Gasteiger charge is -2.30. The van der Waals surface area contributed by atoms with Gasteiger partial charge in [0.15, 0.2) is 5.75 Å². The summed E-state index contributed by atoms with van der Waals surface area (Å²) >= 11 is 6.03. The molecule has 1 aliphatic rings. The van der Waals surface area contributed by atoms with Gasteiger partial charge in [0, 0.05) is 31.0 Å². The third-order valence-electron chi connectivity index (χ3n) is 4.04. The molecule has 130 valence electrons. The van der Waals surface area contributed by atoms with Crippen LogP contribution in [-0.2, 0) is 16.0 Å². The van der Waals surface area contributed by atoms with Crippen molar-refractivity contribution in [3.63, 3.8) is 0 Å². The summed E-state index contributed by atoms with van der Waals surface area (Å²) in [5.41, 5.74) is 1.77. The van der Waals surface area contributed by atoms with E-state index in [4.69, 9.17) is 16.3 Å². The molecule has 2 aromatic rings. The lowest BCUT2D eigenvalue weighted by Crippen LogP contribution is -2.44. The molecule has 6 nitrogen and oxygen atoms in total. The molecule has 0 N–H and O–H groups in total. The first-order valence-corrected chi connectivity index (χ1v) is 8.29. The van der Waals surface area contributed by atoms with Gasteiger partial charge in [0.2, 0.25) is 5.91 Å². The average Bonchev–Trinajstić information content (AvgIpc) is 2.61. The van der Waals surface area contributed by atoms with Crippen molar-refractivity contribution >= 4 is 29.2 Å². The summed E-state index contributed by atoms with van der Waals surface area (Å²) in [7, 11) is 1.75. The zero-order valence-corrected chi connectivity index (χ0v) is 14.6. The quantitative estimate of drug-likeness (QED) is 0.604. The molecule has 25 heavy (non-hydrogen) atoms. The van der Waals surface area contributed by atoms with Crippen LogP contribution < -0.4 is 9.64 Å². The summed E-state index contributed by atoms with van der Waals surface area (Å²) in [5.74, 6) is -0.0374. The van der Waals surface area contributed by atoms with E-state index in [2.05, 4.69) is 4.98 Å². The molecule has 7 heteroatoms. The monoisotopic (exact) mass is 359 g/mol. The SMILES string of the molecule is CN(CCc1ccncc1)C(=O)CN1CC(=O)Oc2ccc(Cl)cc21. The van der Waals surface area contributed by atoms with E-state index >= 15 is 0 Å². The Labute approximate surface area is 151 Å². The molecule has 2 heterocycles. The third-order valence-corrected chi connectivity index (χ3v) is 4.28. The molecular formula is C18H18ClN3O3. The molecule has 1 amide bonds. The molecule has 0 radical (unpaired) electrons. The van der Waals surface area contributed by atoms with E-state index in [0.717, 1.165) is 12.0 Å². The van der Waals surface area contributed by atoms with Crippen molar-refractivity contribution in [1.29, 1.82) is 0 Å². The van der Waals surface area contributed by atoms with Gasteiger partial charge < -0.3 is 14.5 Å². The number of benzene rings is 1. The fourth-order valence-corrected chi connectivity index (χ4v) is 2.78. The number of likely N-dealkylation sites (N-methyl/N-ethyl adjacent to an activating group) is 1. The zero-order valence-electron chi connectivity index (χ0n) is 13.8. The van der Waals surface area contributed by atoms with Gasteiger partial charge in [0.25, 0.3) is 0 Å². The molecule has 0 saturated carbocycles. The van der Waals surface area contributed by atoms with Crippen LogP contribution in [0.3, 0.4) is 0 Å². The summed E-state index contributed by atoms with van der Waals surface area (Å²) in [6.45, 7) is 0.704. The Morgan fingerprint density at radius 2 is 2.08 bits per heavy atom. The Hall–Kier alpha value is -2.60. The number of nitrogens with zero attached hydrogens (tertiary/aromatic N) is 3. The van der Waals surface area contributed by atoms with Gasteiger partial charge in [-0.3, -0.25) is 9.78 Å². The smallest absolute Gasteiger partial charge is 0.331 e. The first kappa shape index (κ1) is 17.2. The molecular weight excluding hydrogens is 342 g/mol. The standard InChI is InChI=1S/C18H18ClN3O3/c1-21(9-6-13-4-7-20-8-5-13)17(23)11-22-12-18(24)25-16-3-2-14(19)10-15(16)22/h2-5,7-8,10H,6,9,11-12H2,1H3. The van der Waals surface area contributed by atoms with Gasteiger partial charge in [-0.25, -0.2) is 4.79 Å². The molecule has 3 rings (SSSR count). The second-order valence-corrected chi connectivity index (χ2v) is 6.30. The molecule has 0 saturated heterocycles. The second-order valence-electron chi connectivity index (χ2n) is 5.86. The number of amides is 1. The van der Waals surface area contributed by atoms with Crippen molar-refractivity contribution in [2.45, 2.75) is 6.42 Å². The van der Waals surface area contributed by atoms with Crippen molar-refractivity contribution in [2.75, 3.05) is 31.6 Å². The number of fused-ring (bicyclic) bond motifs is 1. The largest absolute Gasteiger partial charge is 0.423 e. The summed E-state index contributed by atoms with van der Waals surface area (Å²) < 4.78 is 5.19. The highest BCUT2D eigenvalue weighted by Gasteiger charge is 2.26. The highest BCUT2D eigenvalue weighted by molar-refractivity contribution is 6.31. The van der Waals surface area contributed by atoms with Crippen LogP contribution in [0.4, 0.5) is 5.69 Å². The third kappa shape index (κ3) is 4.28. The molecule has 1 aromatic heterocycles. The predicted octanol–water partition coefficient (Wildman–Crippen LogP) is 2.16. The summed E-state index contributed by atoms with van der Waals surface area (Å²) in [5, 5.41) is 0.528. The summed E-state index contributed by atoms with van der Waals surface area (Å²) in [6, 6.07) is 8.85. The molecule has 0 atom stereocenters. The number of esters is 1. The number of carbonyl (C=O) groups is 2. The molecule has 0 spiro atoms. The first-order chi connectivity index (χ1) is 12.0. The second kappa shape index (κ2) is 7.53. The van der Waals surface area contributed by atoms with Crippen LogP contribution in [0.25, 0.3) is 0 Å². The van der Waals surface area contributed by atoms with Crippen LogP contribution in [0.2, 0.25) is 5.02 Å². The number of ether oxygens (including phenoxy) is 1. The molecule has 0 unspecified atom stereocenters. The van der Waals surface area contributed by atoms with E-state index in [0.29, 0.717) is 23.0 Å². The maximum absolute atomic E-state index is 12.5. The van der Waals surface area contributed by atoms with E-state index in [9.17, 15) is 9.59 Å². The van der Waals surface area contributed by atoms with E-state index in [-0.39, 0.29) is 25.0 Å². The lowest BCUT2D eigenvalue weighted by molar-refractivity contribution is -0.133. The van der Waals surface area contributed by atoms with Crippen molar-refractivity contribution in [3.8, 4) is 5.75 Å². The maximum Gasteiger partial charge on any atom is 0.331 e. The van der Waals surface area contributed by atoms with Crippen LogP contribution in [0.15, 0.2) is 42.7 Å². The van der Waals surface area contributed by atoms with Gasteiger partial charge in [-0.2, -0.15) is 0 Å². The first-order valence-electron chi connectivity index (χ1n) is 7.91. The van der Waals surface area contributed by atoms with Crippen LogP contribution in [-0.4, -0.2) is 48.4 Å². The Morgan fingerprint density at radius 3 is 2.84 bits per heavy atom. The average molecular weight is 360 g/mol. The number of rotatable bonds is 5. The summed E-state index contributed by atoms with van der Waals surface area (Å²) in [4.78, 5) is 31.6. The van der Waals surface area contributed by atoms with Gasteiger partial charge in [0.1, 0.15) is 6.54 Å². The highest BCUT2D eigenvalue weighted by Crippen LogP contribution is 2.34. The topological polar surface area (TPSA) is 62.7 Å². The Kier molecular flexibility index (Phi) is 5.19. The van der Waals surface area contributed by atoms with Crippen LogP contribution in [0.5, 0.6) is 5.75 Å². The minimum absolute atomic E-state index is 0.0251. The number of carbonyl (C=O) groups excluding carboxylic acids is 2. The fraction of sp³-hybridized carbons (Fsp3) is 0.278. The van der Waals surface area contributed by atoms with Gasteiger partial charge in [0.05, 0.1) is 12.2 Å². The molecule has 0 aliphatic carbocycles. The van der Waals surface area contributed by atoms with Gasteiger partial charge >= 0.3 is 5.97 Å². The summed E-state index contributed by atoms with van der Waals surface area (Å²) in [6.07, 6.45) is 4.21. The number of anilines is 1. The van der Waals surface area contributed by atoms with E-state index < -0.39 is 0 Å². The number of aromatic nitrogens is 1. The Morgan fingerprint density at radius 1 is 1.32 bits per heavy atom. The molecule has 0 fully saturated rings. The van der Waals surface area contributed by atoms with Crippen molar-refractivity contribution in [2.24, 2.45) is 0 Å². The Balaban J connectivity index is 1.64. The van der Waals surface area contributed by atoms with Crippen molar-refractivity contribution < 1.29 is 14.3 Å². The van der Waals surface area contributed by atoms with Gasteiger partial charge in [-0.1, -0.05) is 11.6 Å². The van der Waals surface area contributed by atoms with E-state index in [1.165, 1.54) is 0 Å². The van der Waals surface area contributed by atoms with Crippen LogP contribution >= 0.6 is 11.6 Å². The highest BCUT2D eigenvalue weighted by atomic mass is 35.5. The number of halogens is 1. The van der Waals surface area contributed by atoms with E-state index in [1.54, 1.807) is 47.4 Å². The number of hydrogen-bond acceptors (Lipinski definition) is 5. The van der Waals surface area contributed by atoms with Gasteiger partial charge in [-0.05, 0) is 42.3 Å². The van der Waals surface area contributed by atoms with Gasteiger partial charge in [-0.15, -0.1) is 0 Å². The normalized spacial score (nSPS) is 13.2. The van der Waals surface area contributed by atoms with Crippen LogP contribution in [0, 0.1) is 0 Å². The Bertz CT molecular complexity index is 782. The number of hydrogen-bond donors (Lipinski definition) is 0. The minimum Gasteiger partial charge on any atom is -0.423 e.